The molecule has 0 aromatic heterocycles. The number of benzene rings is 1. The van der Waals surface area contributed by atoms with Gasteiger partial charge < -0.3 is 15.7 Å². The summed E-state index contributed by atoms with van der Waals surface area (Å²) < 4.78 is 0.938. The minimum Gasteiger partial charge on any atom is -0.481 e. The summed E-state index contributed by atoms with van der Waals surface area (Å²) in [6.07, 6.45) is 0.488. The first-order chi connectivity index (χ1) is 8.92. The Labute approximate surface area is 120 Å². The molecule has 104 valence electrons. The Morgan fingerprint density at radius 2 is 2.11 bits per heavy atom. The van der Waals surface area contributed by atoms with E-state index in [0.29, 0.717) is 12.1 Å². The SMILES string of the molecule is CCC(CC(=O)O)NC(=O)Nc1ccc(Br)cc1C. The Hall–Kier alpha value is -1.56. The molecule has 0 aliphatic carbocycles. The number of carboxylic acid groups (broad SMARTS) is 1. The fraction of sp³-hybridized carbons (Fsp3) is 0.385. The van der Waals surface area contributed by atoms with Crippen molar-refractivity contribution in [1.29, 1.82) is 0 Å². The maximum atomic E-state index is 11.8. The minimum absolute atomic E-state index is 0.0801. The zero-order valence-corrected chi connectivity index (χ0v) is 12.5. The Morgan fingerprint density at radius 1 is 1.42 bits per heavy atom. The number of carbonyl (C=O) groups excluding carboxylic acids is 1. The van der Waals surface area contributed by atoms with Crippen molar-refractivity contribution in [3.8, 4) is 0 Å². The van der Waals surface area contributed by atoms with Gasteiger partial charge in [-0.1, -0.05) is 22.9 Å². The molecule has 0 radical (unpaired) electrons. The lowest BCUT2D eigenvalue weighted by molar-refractivity contribution is -0.137. The molecule has 1 rings (SSSR count). The van der Waals surface area contributed by atoms with Crippen LogP contribution in [0.2, 0.25) is 0 Å². The summed E-state index contributed by atoms with van der Waals surface area (Å²) in [6.45, 7) is 3.72. The molecule has 0 saturated heterocycles. The molecule has 0 spiro atoms. The predicted molar refractivity (Wildman–Crippen MR) is 77.4 cm³/mol. The fourth-order valence-electron chi connectivity index (χ4n) is 1.62. The molecule has 1 atom stereocenters. The van der Waals surface area contributed by atoms with Gasteiger partial charge in [-0.2, -0.15) is 0 Å². The third-order valence-electron chi connectivity index (χ3n) is 2.69. The van der Waals surface area contributed by atoms with Gasteiger partial charge in [-0.15, -0.1) is 0 Å². The molecule has 1 unspecified atom stereocenters. The van der Waals surface area contributed by atoms with Gasteiger partial charge in [0.2, 0.25) is 0 Å². The maximum absolute atomic E-state index is 11.8. The van der Waals surface area contributed by atoms with E-state index in [1.807, 2.05) is 26.0 Å². The highest BCUT2D eigenvalue weighted by atomic mass is 79.9. The van der Waals surface area contributed by atoms with Crippen LogP contribution in [0, 0.1) is 6.92 Å². The third kappa shape index (κ3) is 5.30. The first kappa shape index (κ1) is 15.5. The second-order valence-electron chi connectivity index (χ2n) is 4.26. The quantitative estimate of drug-likeness (QED) is 0.776. The zero-order chi connectivity index (χ0) is 14.4. The van der Waals surface area contributed by atoms with Crippen molar-refractivity contribution in [3.05, 3.63) is 28.2 Å². The van der Waals surface area contributed by atoms with Crippen molar-refractivity contribution in [2.24, 2.45) is 0 Å². The van der Waals surface area contributed by atoms with Crippen molar-refractivity contribution < 1.29 is 14.7 Å². The lowest BCUT2D eigenvalue weighted by Gasteiger charge is -2.16. The van der Waals surface area contributed by atoms with E-state index in [4.69, 9.17) is 5.11 Å². The first-order valence-electron chi connectivity index (χ1n) is 5.97. The Kier molecular flexibility index (Phi) is 5.82. The van der Waals surface area contributed by atoms with E-state index in [2.05, 4.69) is 26.6 Å². The number of nitrogens with one attached hydrogen (secondary N) is 2. The van der Waals surface area contributed by atoms with Gasteiger partial charge in [0.25, 0.3) is 0 Å². The number of anilines is 1. The van der Waals surface area contributed by atoms with Gasteiger partial charge in [0.05, 0.1) is 6.42 Å². The minimum atomic E-state index is -0.924. The maximum Gasteiger partial charge on any atom is 0.319 e. The second-order valence-corrected chi connectivity index (χ2v) is 5.18. The van der Waals surface area contributed by atoms with Crippen LogP contribution in [0.4, 0.5) is 10.5 Å². The van der Waals surface area contributed by atoms with Crippen LogP contribution in [0.3, 0.4) is 0 Å². The summed E-state index contributed by atoms with van der Waals surface area (Å²) in [5, 5.41) is 14.1. The molecule has 0 saturated carbocycles. The number of hydrogen-bond acceptors (Lipinski definition) is 2. The Balaban J connectivity index is 2.61. The van der Waals surface area contributed by atoms with E-state index in [1.165, 1.54) is 0 Å². The number of carboxylic acids is 1. The van der Waals surface area contributed by atoms with Crippen LogP contribution in [-0.2, 0) is 4.79 Å². The van der Waals surface area contributed by atoms with E-state index in [9.17, 15) is 9.59 Å². The molecule has 0 bridgehead atoms. The van der Waals surface area contributed by atoms with Crippen molar-refractivity contribution in [1.82, 2.24) is 5.32 Å². The average Bonchev–Trinajstić information content (AvgIpc) is 2.31. The number of aliphatic carboxylic acids is 1. The number of urea groups is 1. The van der Waals surface area contributed by atoms with Crippen LogP contribution in [0.15, 0.2) is 22.7 Å². The lowest BCUT2D eigenvalue weighted by atomic mass is 10.1. The monoisotopic (exact) mass is 328 g/mol. The number of aryl methyl sites for hydroxylation is 1. The van der Waals surface area contributed by atoms with Gasteiger partial charge >= 0.3 is 12.0 Å². The summed E-state index contributed by atoms with van der Waals surface area (Å²) in [7, 11) is 0. The van der Waals surface area contributed by atoms with Crippen LogP contribution < -0.4 is 10.6 Å². The molecule has 1 aromatic rings. The summed E-state index contributed by atoms with van der Waals surface area (Å²) in [5.41, 5.74) is 1.63. The van der Waals surface area contributed by atoms with E-state index in [-0.39, 0.29) is 12.5 Å². The normalized spacial score (nSPS) is 11.7. The molecule has 19 heavy (non-hydrogen) atoms. The van der Waals surface area contributed by atoms with Gasteiger partial charge in [-0.05, 0) is 37.1 Å². The highest BCUT2D eigenvalue weighted by molar-refractivity contribution is 9.10. The smallest absolute Gasteiger partial charge is 0.319 e. The number of halogens is 1. The molecule has 1 aromatic carbocycles. The predicted octanol–water partition coefficient (Wildman–Crippen LogP) is 3.13. The second kappa shape index (κ2) is 7.13. The summed E-state index contributed by atoms with van der Waals surface area (Å²) in [6, 6.07) is 4.75. The van der Waals surface area contributed by atoms with Gasteiger partial charge in [0.1, 0.15) is 0 Å². The topological polar surface area (TPSA) is 78.4 Å². The third-order valence-corrected chi connectivity index (χ3v) is 3.18. The fourth-order valence-corrected chi connectivity index (χ4v) is 2.09. The van der Waals surface area contributed by atoms with Gasteiger partial charge in [-0.3, -0.25) is 4.79 Å². The molecule has 6 heteroatoms. The zero-order valence-electron chi connectivity index (χ0n) is 10.9. The van der Waals surface area contributed by atoms with Crippen molar-refractivity contribution in [3.63, 3.8) is 0 Å². The first-order valence-corrected chi connectivity index (χ1v) is 6.77. The highest BCUT2D eigenvalue weighted by Gasteiger charge is 2.14. The van der Waals surface area contributed by atoms with Crippen LogP contribution in [0.5, 0.6) is 0 Å². The summed E-state index contributed by atoms with van der Waals surface area (Å²) >= 11 is 3.35. The van der Waals surface area contributed by atoms with Crippen LogP contribution in [-0.4, -0.2) is 23.1 Å². The molecular formula is C13H17BrN2O3. The molecule has 5 nitrogen and oxygen atoms in total. The summed E-state index contributed by atoms with van der Waals surface area (Å²) in [4.78, 5) is 22.4. The molecule has 0 aliphatic rings. The van der Waals surface area contributed by atoms with Crippen molar-refractivity contribution in [2.45, 2.75) is 32.7 Å². The molecular weight excluding hydrogens is 312 g/mol. The largest absolute Gasteiger partial charge is 0.481 e. The Bertz CT molecular complexity index is 477. The molecule has 2 amide bonds. The van der Waals surface area contributed by atoms with Crippen molar-refractivity contribution >= 4 is 33.6 Å². The highest BCUT2D eigenvalue weighted by Crippen LogP contribution is 2.19. The van der Waals surface area contributed by atoms with Crippen LogP contribution in [0.1, 0.15) is 25.3 Å². The molecule has 0 heterocycles. The van der Waals surface area contributed by atoms with E-state index in [1.54, 1.807) is 6.07 Å². The van der Waals surface area contributed by atoms with Crippen LogP contribution >= 0.6 is 15.9 Å². The number of carbonyl (C=O) groups is 2. The number of amides is 2. The molecule has 3 N–H and O–H groups in total. The van der Waals surface area contributed by atoms with E-state index >= 15 is 0 Å². The van der Waals surface area contributed by atoms with Gasteiger partial charge in [0.15, 0.2) is 0 Å². The van der Waals surface area contributed by atoms with Crippen molar-refractivity contribution in [2.75, 3.05) is 5.32 Å². The number of hydrogen-bond donors (Lipinski definition) is 3. The average molecular weight is 329 g/mol. The molecule has 0 fully saturated rings. The lowest BCUT2D eigenvalue weighted by Crippen LogP contribution is -2.39. The standard InChI is InChI=1S/C13H17BrN2O3/c1-3-10(7-12(17)18)15-13(19)16-11-5-4-9(14)6-8(11)2/h4-6,10H,3,7H2,1-2H3,(H,17,18)(H2,15,16,19). The van der Waals surface area contributed by atoms with E-state index < -0.39 is 12.0 Å². The molecule has 0 aliphatic heterocycles. The van der Waals surface area contributed by atoms with Crippen LogP contribution in [0.25, 0.3) is 0 Å². The van der Waals surface area contributed by atoms with Gasteiger partial charge in [0, 0.05) is 16.2 Å². The Morgan fingerprint density at radius 3 is 2.63 bits per heavy atom. The number of rotatable bonds is 5. The van der Waals surface area contributed by atoms with Gasteiger partial charge in [-0.25, -0.2) is 4.79 Å². The summed E-state index contributed by atoms with van der Waals surface area (Å²) in [5.74, 6) is -0.924. The van der Waals surface area contributed by atoms with E-state index in [0.717, 1.165) is 10.0 Å².